The number of amides is 3. The standard InChI is InChI=1S/C28H28ClN3O4/c1-17(2)21-11-14-24(23(29)16-21)31-28(36)32-15-3-4-25(32)26(33)30-22-12-9-19(10-13-22)18-5-7-20(8-6-18)27(34)35/h5-14,16-17,25H,3-4,15H2,1-2H3,(H,30,33)(H,31,36)(H,34,35)/t25-/m1/s1. The molecule has 8 heteroatoms. The first kappa shape index (κ1) is 25.3. The Balaban J connectivity index is 1.39. The lowest BCUT2D eigenvalue weighted by atomic mass is 10.0. The molecule has 3 amide bonds. The summed E-state index contributed by atoms with van der Waals surface area (Å²) in [5.41, 5.74) is 4.21. The van der Waals surface area contributed by atoms with Crippen molar-refractivity contribution in [3.63, 3.8) is 0 Å². The zero-order valence-corrected chi connectivity index (χ0v) is 20.9. The zero-order chi connectivity index (χ0) is 25.8. The highest BCUT2D eigenvalue weighted by Crippen LogP contribution is 2.28. The molecule has 3 N–H and O–H groups in total. The number of benzene rings is 3. The van der Waals surface area contributed by atoms with Crippen LogP contribution in [0.3, 0.4) is 0 Å². The molecule has 1 atom stereocenters. The first-order valence-corrected chi connectivity index (χ1v) is 12.2. The molecule has 36 heavy (non-hydrogen) atoms. The molecule has 3 aromatic carbocycles. The van der Waals surface area contributed by atoms with Crippen LogP contribution in [0.5, 0.6) is 0 Å². The van der Waals surface area contributed by atoms with E-state index in [1.807, 2.05) is 24.3 Å². The number of hydrogen-bond donors (Lipinski definition) is 3. The van der Waals surface area contributed by atoms with Crippen molar-refractivity contribution in [3.05, 3.63) is 82.9 Å². The molecule has 1 fully saturated rings. The number of anilines is 2. The number of nitrogens with one attached hydrogen (secondary N) is 2. The van der Waals surface area contributed by atoms with Gasteiger partial charge in [-0.25, -0.2) is 9.59 Å². The van der Waals surface area contributed by atoms with E-state index in [1.165, 1.54) is 0 Å². The van der Waals surface area contributed by atoms with E-state index in [-0.39, 0.29) is 17.5 Å². The normalized spacial score (nSPS) is 15.1. The van der Waals surface area contributed by atoms with Crippen LogP contribution in [-0.4, -0.2) is 40.5 Å². The lowest BCUT2D eigenvalue weighted by Crippen LogP contribution is -2.45. The molecule has 0 bridgehead atoms. The van der Waals surface area contributed by atoms with Crippen LogP contribution in [0, 0.1) is 0 Å². The zero-order valence-electron chi connectivity index (χ0n) is 20.1. The van der Waals surface area contributed by atoms with Gasteiger partial charge < -0.3 is 20.6 Å². The van der Waals surface area contributed by atoms with Crippen LogP contribution in [0.1, 0.15) is 48.5 Å². The van der Waals surface area contributed by atoms with Crippen molar-refractivity contribution in [2.24, 2.45) is 0 Å². The molecular formula is C28H28ClN3O4. The van der Waals surface area contributed by atoms with Gasteiger partial charge in [-0.3, -0.25) is 4.79 Å². The molecule has 7 nitrogen and oxygen atoms in total. The maximum atomic E-state index is 13.0. The van der Waals surface area contributed by atoms with Gasteiger partial charge in [-0.1, -0.05) is 55.8 Å². The summed E-state index contributed by atoms with van der Waals surface area (Å²) < 4.78 is 0. The molecule has 0 aliphatic carbocycles. The van der Waals surface area contributed by atoms with Gasteiger partial charge in [0.25, 0.3) is 0 Å². The van der Waals surface area contributed by atoms with Crippen molar-refractivity contribution in [3.8, 4) is 11.1 Å². The highest BCUT2D eigenvalue weighted by atomic mass is 35.5. The van der Waals surface area contributed by atoms with Crippen molar-refractivity contribution >= 4 is 40.9 Å². The molecule has 1 aliphatic heterocycles. The number of carbonyl (C=O) groups excluding carboxylic acids is 2. The average molecular weight is 506 g/mol. The van der Waals surface area contributed by atoms with Crippen LogP contribution in [0.2, 0.25) is 5.02 Å². The Morgan fingerprint density at radius 3 is 2.17 bits per heavy atom. The lowest BCUT2D eigenvalue weighted by molar-refractivity contribution is -0.119. The molecule has 1 heterocycles. The third-order valence-corrected chi connectivity index (χ3v) is 6.65. The van der Waals surface area contributed by atoms with Gasteiger partial charge in [0.05, 0.1) is 16.3 Å². The van der Waals surface area contributed by atoms with Crippen LogP contribution in [0.4, 0.5) is 16.2 Å². The fraction of sp³-hybridized carbons (Fsp3) is 0.250. The molecule has 4 rings (SSSR count). The molecule has 0 unspecified atom stereocenters. The summed E-state index contributed by atoms with van der Waals surface area (Å²) in [5.74, 6) is -0.894. The lowest BCUT2D eigenvalue weighted by Gasteiger charge is -2.24. The summed E-state index contributed by atoms with van der Waals surface area (Å²) in [7, 11) is 0. The van der Waals surface area contributed by atoms with Crippen LogP contribution in [-0.2, 0) is 4.79 Å². The summed E-state index contributed by atoms with van der Waals surface area (Å²) in [6.45, 7) is 4.63. The highest BCUT2D eigenvalue weighted by Gasteiger charge is 2.34. The summed E-state index contributed by atoms with van der Waals surface area (Å²) in [6.07, 6.45) is 1.31. The molecule has 1 saturated heterocycles. The number of carbonyl (C=O) groups is 3. The van der Waals surface area contributed by atoms with Gasteiger partial charge in [-0.2, -0.15) is 0 Å². The Morgan fingerprint density at radius 2 is 1.58 bits per heavy atom. The monoisotopic (exact) mass is 505 g/mol. The summed E-state index contributed by atoms with van der Waals surface area (Å²) in [5, 5.41) is 15.3. The second-order valence-corrected chi connectivity index (χ2v) is 9.53. The van der Waals surface area contributed by atoms with E-state index in [0.717, 1.165) is 23.1 Å². The minimum Gasteiger partial charge on any atom is -0.478 e. The number of nitrogens with zero attached hydrogens (tertiary/aromatic N) is 1. The summed E-state index contributed by atoms with van der Waals surface area (Å²) in [4.78, 5) is 38.5. The average Bonchev–Trinajstić information content (AvgIpc) is 3.36. The maximum absolute atomic E-state index is 13.0. The van der Waals surface area contributed by atoms with E-state index in [9.17, 15) is 14.4 Å². The van der Waals surface area contributed by atoms with Crippen molar-refractivity contribution in [2.45, 2.75) is 38.6 Å². The number of aromatic carboxylic acids is 1. The van der Waals surface area contributed by atoms with Crippen LogP contribution >= 0.6 is 11.6 Å². The molecule has 0 saturated carbocycles. The van der Waals surface area contributed by atoms with Gasteiger partial charge in [0.15, 0.2) is 0 Å². The first-order chi connectivity index (χ1) is 17.2. The van der Waals surface area contributed by atoms with Crippen LogP contribution in [0.25, 0.3) is 11.1 Å². The topological polar surface area (TPSA) is 98.7 Å². The molecule has 0 aromatic heterocycles. The number of likely N-dealkylation sites (tertiary alicyclic amines) is 1. The van der Waals surface area contributed by atoms with Gasteiger partial charge in [0.2, 0.25) is 5.91 Å². The fourth-order valence-corrected chi connectivity index (χ4v) is 4.47. The Hall–Kier alpha value is -3.84. The third kappa shape index (κ3) is 5.69. The molecule has 186 valence electrons. The van der Waals surface area contributed by atoms with Crippen molar-refractivity contribution < 1.29 is 19.5 Å². The molecular weight excluding hydrogens is 478 g/mol. The number of rotatable bonds is 6. The van der Waals surface area contributed by atoms with Gasteiger partial charge in [-0.15, -0.1) is 0 Å². The van der Waals surface area contributed by atoms with Crippen molar-refractivity contribution in [1.29, 1.82) is 0 Å². The summed E-state index contributed by atoms with van der Waals surface area (Å²) >= 11 is 6.37. The Morgan fingerprint density at radius 1 is 0.944 bits per heavy atom. The largest absolute Gasteiger partial charge is 0.478 e. The first-order valence-electron chi connectivity index (χ1n) is 11.8. The molecule has 3 aromatic rings. The highest BCUT2D eigenvalue weighted by molar-refractivity contribution is 6.33. The maximum Gasteiger partial charge on any atom is 0.335 e. The van der Waals surface area contributed by atoms with E-state index < -0.39 is 12.0 Å². The second kappa shape index (κ2) is 10.8. The number of carboxylic acid groups (broad SMARTS) is 1. The minimum absolute atomic E-state index is 0.225. The minimum atomic E-state index is -0.971. The predicted octanol–water partition coefficient (Wildman–Crippen LogP) is 6.46. The number of halogens is 1. The van der Waals surface area contributed by atoms with E-state index >= 15 is 0 Å². The second-order valence-electron chi connectivity index (χ2n) is 9.12. The predicted molar refractivity (Wildman–Crippen MR) is 142 cm³/mol. The van der Waals surface area contributed by atoms with Crippen LogP contribution in [0.15, 0.2) is 66.7 Å². The number of hydrogen-bond acceptors (Lipinski definition) is 3. The quantitative estimate of drug-likeness (QED) is 0.358. The number of carboxylic acids is 1. The third-order valence-electron chi connectivity index (χ3n) is 6.34. The van der Waals surface area contributed by atoms with Gasteiger partial charge in [-0.05, 0) is 71.8 Å². The Labute approximate surface area is 215 Å². The van der Waals surface area contributed by atoms with Gasteiger partial charge >= 0.3 is 12.0 Å². The van der Waals surface area contributed by atoms with Gasteiger partial charge in [0.1, 0.15) is 6.04 Å². The molecule has 1 aliphatic rings. The van der Waals surface area contributed by atoms with Crippen molar-refractivity contribution in [1.82, 2.24) is 4.90 Å². The smallest absolute Gasteiger partial charge is 0.335 e. The Kier molecular flexibility index (Phi) is 7.60. The Bertz CT molecular complexity index is 1270. The fourth-order valence-electron chi connectivity index (χ4n) is 4.24. The summed E-state index contributed by atoms with van der Waals surface area (Å²) in [6, 6.07) is 18.5. The van der Waals surface area contributed by atoms with Crippen LogP contribution < -0.4 is 10.6 Å². The van der Waals surface area contributed by atoms with E-state index in [2.05, 4.69) is 24.5 Å². The molecule has 0 spiro atoms. The van der Waals surface area contributed by atoms with E-state index in [0.29, 0.717) is 35.3 Å². The SMILES string of the molecule is CC(C)c1ccc(NC(=O)N2CCC[C@@H]2C(=O)Nc2ccc(-c3ccc(C(=O)O)cc3)cc2)c(Cl)c1. The molecule has 0 radical (unpaired) electrons. The van der Waals surface area contributed by atoms with Crippen molar-refractivity contribution in [2.75, 3.05) is 17.2 Å². The number of urea groups is 1. The van der Waals surface area contributed by atoms with E-state index in [1.54, 1.807) is 47.4 Å². The van der Waals surface area contributed by atoms with Gasteiger partial charge in [0, 0.05) is 12.2 Å². The van der Waals surface area contributed by atoms with E-state index in [4.69, 9.17) is 16.7 Å².